The van der Waals surface area contributed by atoms with Gasteiger partial charge < -0.3 is 10.2 Å². The lowest BCUT2D eigenvalue weighted by Gasteiger charge is -2.35. The zero-order valence-electron chi connectivity index (χ0n) is 19.8. The van der Waals surface area contributed by atoms with Crippen molar-refractivity contribution in [3.05, 3.63) is 72.4 Å². The molecular weight excluding hydrogens is 442 g/mol. The maximum atomic E-state index is 13.2. The minimum atomic E-state index is -0.785. The highest BCUT2D eigenvalue weighted by atomic mass is 16.2. The van der Waals surface area contributed by atoms with Crippen LogP contribution >= 0.6 is 0 Å². The number of aromatic nitrogens is 2. The molecule has 8 heteroatoms. The normalized spacial score (nSPS) is 17.3. The Morgan fingerprint density at radius 1 is 0.971 bits per heavy atom. The molecule has 1 spiro atoms. The lowest BCUT2D eigenvalue weighted by atomic mass is 9.81. The number of likely N-dealkylation sites (N-methyl/N-ethyl adjacent to an activating group) is 1. The Morgan fingerprint density at radius 2 is 1.63 bits per heavy atom. The summed E-state index contributed by atoms with van der Waals surface area (Å²) in [6, 6.07) is 19.2. The molecule has 4 amide bonds. The van der Waals surface area contributed by atoms with Gasteiger partial charge in [0, 0.05) is 30.9 Å². The second kappa shape index (κ2) is 9.37. The first-order chi connectivity index (χ1) is 17.0. The van der Waals surface area contributed by atoms with Gasteiger partial charge in [0.1, 0.15) is 12.1 Å². The number of carbonyl (C=O) groups excluding carboxylic acids is 3. The summed E-state index contributed by atoms with van der Waals surface area (Å²) >= 11 is 0. The van der Waals surface area contributed by atoms with Crippen LogP contribution in [0.2, 0.25) is 0 Å². The highest BCUT2D eigenvalue weighted by Gasteiger charge is 2.55. The summed E-state index contributed by atoms with van der Waals surface area (Å²) in [7, 11) is 1.67. The van der Waals surface area contributed by atoms with Gasteiger partial charge in [0.2, 0.25) is 5.91 Å². The first kappa shape index (κ1) is 22.8. The molecule has 1 aliphatic carbocycles. The molecule has 2 heterocycles. The van der Waals surface area contributed by atoms with Crippen LogP contribution in [-0.4, -0.2) is 56.6 Å². The first-order valence-corrected chi connectivity index (χ1v) is 12.1. The summed E-state index contributed by atoms with van der Waals surface area (Å²) in [5.41, 5.74) is 2.68. The summed E-state index contributed by atoms with van der Waals surface area (Å²) in [4.78, 5) is 41.5. The minimum absolute atomic E-state index is 0.229. The Morgan fingerprint density at radius 3 is 2.31 bits per heavy atom. The number of hydrogen-bond donors (Lipinski definition) is 1. The van der Waals surface area contributed by atoms with Crippen LogP contribution in [0, 0.1) is 0 Å². The molecule has 1 saturated heterocycles. The summed E-state index contributed by atoms with van der Waals surface area (Å²) in [5.74, 6) is -0.624. The van der Waals surface area contributed by atoms with Crippen LogP contribution in [-0.2, 0) is 16.1 Å². The van der Waals surface area contributed by atoms with Gasteiger partial charge in [-0.2, -0.15) is 5.10 Å². The molecule has 0 atom stereocenters. The Labute approximate surface area is 204 Å². The topological polar surface area (TPSA) is 87.5 Å². The standard InChI is InChI=1S/C27H29N5O3/c1-30-26(35)31(25(34)27(30)15-9-4-10-16-27)19-23(33)28-17-21-18-32(22-13-7-3-8-14-22)29-24(21)20-11-5-2-6-12-20/h2-3,5-8,11-14,18H,4,9-10,15-17,19H2,1H3,(H,28,33). The molecule has 1 aromatic heterocycles. The van der Waals surface area contributed by atoms with Crippen LogP contribution in [0.15, 0.2) is 66.9 Å². The number of imide groups is 1. The van der Waals surface area contributed by atoms with E-state index in [0.29, 0.717) is 12.8 Å². The third-order valence-electron chi connectivity index (χ3n) is 7.12. The third kappa shape index (κ3) is 4.20. The smallest absolute Gasteiger partial charge is 0.327 e. The van der Waals surface area contributed by atoms with E-state index in [1.807, 2.05) is 66.9 Å². The lowest BCUT2D eigenvalue weighted by Crippen LogP contribution is -2.49. The molecule has 3 aromatic rings. The van der Waals surface area contributed by atoms with Crippen LogP contribution in [0.25, 0.3) is 16.9 Å². The van der Waals surface area contributed by atoms with E-state index in [0.717, 1.165) is 46.7 Å². The van der Waals surface area contributed by atoms with E-state index in [-0.39, 0.29) is 24.9 Å². The summed E-state index contributed by atoms with van der Waals surface area (Å²) in [6.45, 7) is -0.0512. The van der Waals surface area contributed by atoms with Crippen LogP contribution in [0.4, 0.5) is 4.79 Å². The van der Waals surface area contributed by atoms with Crippen LogP contribution in [0.3, 0.4) is 0 Å². The van der Waals surface area contributed by atoms with Gasteiger partial charge in [0.25, 0.3) is 5.91 Å². The van der Waals surface area contributed by atoms with E-state index in [1.165, 1.54) is 0 Å². The molecule has 0 radical (unpaired) electrons. The number of amides is 4. The van der Waals surface area contributed by atoms with Crippen molar-refractivity contribution in [2.24, 2.45) is 0 Å². The van der Waals surface area contributed by atoms with Crippen LogP contribution in [0.5, 0.6) is 0 Å². The van der Waals surface area contributed by atoms with Gasteiger partial charge in [-0.3, -0.25) is 14.5 Å². The third-order valence-corrected chi connectivity index (χ3v) is 7.12. The van der Waals surface area contributed by atoms with E-state index in [1.54, 1.807) is 16.6 Å². The fourth-order valence-corrected chi connectivity index (χ4v) is 5.16. The van der Waals surface area contributed by atoms with Crippen molar-refractivity contribution in [1.82, 2.24) is 24.9 Å². The SMILES string of the molecule is CN1C(=O)N(CC(=O)NCc2cn(-c3ccccc3)nc2-c2ccccc2)C(=O)C12CCCCC2. The molecule has 1 N–H and O–H groups in total. The van der Waals surface area contributed by atoms with Gasteiger partial charge in [0.05, 0.1) is 11.4 Å². The van der Waals surface area contributed by atoms with Gasteiger partial charge in [0.15, 0.2) is 0 Å². The molecule has 0 bridgehead atoms. The predicted octanol–water partition coefficient (Wildman–Crippen LogP) is 3.75. The zero-order valence-corrected chi connectivity index (χ0v) is 19.8. The molecule has 1 aliphatic heterocycles. The molecule has 1 saturated carbocycles. The van der Waals surface area contributed by atoms with Crippen molar-refractivity contribution >= 4 is 17.8 Å². The second-order valence-corrected chi connectivity index (χ2v) is 9.25. The van der Waals surface area contributed by atoms with Gasteiger partial charge >= 0.3 is 6.03 Å². The number of nitrogens with zero attached hydrogens (tertiary/aromatic N) is 4. The molecule has 180 valence electrons. The fraction of sp³-hybridized carbons (Fsp3) is 0.333. The summed E-state index contributed by atoms with van der Waals surface area (Å²) in [6.07, 6.45) is 6.11. The van der Waals surface area contributed by atoms with E-state index in [4.69, 9.17) is 5.10 Å². The number of benzene rings is 2. The van der Waals surface area contributed by atoms with Crippen molar-refractivity contribution < 1.29 is 14.4 Å². The molecule has 5 rings (SSSR count). The Balaban J connectivity index is 1.32. The number of hydrogen-bond acceptors (Lipinski definition) is 4. The molecule has 8 nitrogen and oxygen atoms in total. The predicted molar refractivity (Wildman–Crippen MR) is 132 cm³/mol. The quantitative estimate of drug-likeness (QED) is 0.555. The molecule has 35 heavy (non-hydrogen) atoms. The number of rotatable bonds is 6. The fourth-order valence-electron chi connectivity index (χ4n) is 5.16. The van der Waals surface area contributed by atoms with Crippen molar-refractivity contribution in [2.75, 3.05) is 13.6 Å². The molecule has 0 unspecified atom stereocenters. The van der Waals surface area contributed by atoms with Crippen molar-refractivity contribution in [1.29, 1.82) is 0 Å². The Hall–Kier alpha value is -3.94. The highest BCUT2D eigenvalue weighted by molar-refractivity contribution is 6.08. The second-order valence-electron chi connectivity index (χ2n) is 9.25. The van der Waals surface area contributed by atoms with Crippen molar-refractivity contribution in [3.8, 4) is 16.9 Å². The Kier molecular flexibility index (Phi) is 6.11. The van der Waals surface area contributed by atoms with Gasteiger partial charge in [-0.15, -0.1) is 0 Å². The largest absolute Gasteiger partial charge is 0.350 e. The maximum Gasteiger partial charge on any atom is 0.327 e. The van der Waals surface area contributed by atoms with Gasteiger partial charge in [-0.1, -0.05) is 67.8 Å². The van der Waals surface area contributed by atoms with Crippen LogP contribution in [0.1, 0.15) is 37.7 Å². The van der Waals surface area contributed by atoms with Crippen molar-refractivity contribution in [2.45, 2.75) is 44.2 Å². The van der Waals surface area contributed by atoms with Crippen molar-refractivity contribution in [3.63, 3.8) is 0 Å². The average Bonchev–Trinajstić information content (AvgIpc) is 3.40. The van der Waals surface area contributed by atoms with E-state index >= 15 is 0 Å². The molecule has 2 aliphatic rings. The Bertz CT molecular complexity index is 1230. The van der Waals surface area contributed by atoms with Gasteiger partial charge in [-0.25, -0.2) is 9.48 Å². The minimum Gasteiger partial charge on any atom is -0.350 e. The maximum absolute atomic E-state index is 13.2. The average molecular weight is 472 g/mol. The lowest BCUT2D eigenvalue weighted by molar-refractivity contribution is -0.137. The van der Waals surface area contributed by atoms with E-state index in [2.05, 4.69) is 5.32 Å². The molecule has 2 fully saturated rings. The van der Waals surface area contributed by atoms with Crippen LogP contribution < -0.4 is 5.32 Å². The number of para-hydroxylation sites is 1. The summed E-state index contributed by atoms with van der Waals surface area (Å²) < 4.78 is 1.79. The summed E-state index contributed by atoms with van der Waals surface area (Å²) in [5, 5.41) is 7.65. The zero-order chi connectivity index (χ0) is 24.4. The van der Waals surface area contributed by atoms with E-state index in [9.17, 15) is 14.4 Å². The monoisotopic (exact) mass is 471 g/mol. The van der Waals surface area contributed by atoms with E-state index < -0.39 is 11.6 Å². The first-order valence-electron chi connectivity index (χ1n) is 12.1. The molecule has 2 aromatic carbocycles. The number of urea groups is 1. The highest BCUT2D eigenvalue weighted by Crippen LogP contribution is 2.39. The number of nitrogens with one attached hydrogen (secondary N) is 1. The molecular formula is C27H29N5O3. The number of carbonyl (C=O) groups is 3. The van der Waals surface area contributed by atoms with Gasteiger partial charge in [-0.05, 0) is 25.0 Å².